The number of rotatable bonds is 2. The van der Waals surface area contributed by atoms with Gasteiger partial charge in [-0.1, -0.05) is 6.07 Å². The Labute approximate surface area is 84.4 Å². The number of carboxylic acid groups (broad SMARTS) is 1. The van der Waals surface area contributed by atoms with E-state index < -0.39 is 5.97 Å². The molecule has 1 heterocycles. The summed E-state index contributed by atoms with van der Waals surface area (Å²) < 4.78 is 1.28. The maximum absolute atomic E-state index is 10.8. The lowest BCUT2D eigenvalue weighted by atomic mass is 10.3. The molecule has 0 aliphatic rings. The third-order valence-corrected chi connectivity index (χ3v) is 1.85. The monoisotopic (exact) mass is 205 g/mol. The number of carboxylic acids is 1. The number of nitrogens with zero attached hydrogens (tertiary/aromatic N) is 3. The molecule has 0 aliphatic carbocycles. The van der Waals surface area contributed by atoms with Gasteiger partial charge in [-0.05, 0) is 12.1 Å². The number of aromatic hydroxyl groups is 1. The van der Waals surface area contributed by atoms with E-state index in [2.05, 4.69) is 10.2 Å². The Balaban J connectivity index is 2.54. The second-order valence-corrected chi connectivity index (χ2v) is 2.85. The van der Waals surface area contributed by atoms with Gasteiger partial charge in [0.05, 0.1) is 5.69 Å². The van der Waals surface area contributed by atoms with Crippen LogP contribution in [0.4, 0.5) is 0 Å². The minimum Gasteiger partial charge on any atom is -0.508 e. The minimum atomic E-state index is -1.17. The van der Waals surface area contributed by atoms with Crippen molar-refractivity contribution in [3.63, 3.8) is 0 Å². The zero-order chi connectivity index (χ0) is 10.8. The number of hydrogen-bond donors (Lipinski definition) is 2. The van der Waals surface area contributed by atoms with Crippen LogP contribution in [0.5, 0.6) is 5.75 Å². The Morgan fingerprint density at radius 1 is 1.40 bits per heavy atom. The molecule has 6 nitrogen and oxygen atoms in total. The highest BCUT2D eigenvalue weighted by Gasteiger charge is 2.13. The van der Waals surface area contributed by atoms with E-state index in [0.29, 0.717) is 5.69 Å². The van der Waals surface area contributed by atoms with Crippen molar-refractivity contribution in [2.75, 3.05) is 0 Å². The van der Waals surface area contributed by atoms with Gasteiger partial charge < -0.3 is 10.2 Å². The third kappa shape index (κ3) is 1.64. The maximum Gasteiger partial charge on any atom is 0.374 e. The fraction of sp³-hybridized carbons (Fsp3) is 0. The average Bonchev–Trinajstić information content (AvgIpc) is 2.65. The fourth-order valence-corrected chi connectivity index (χ4v) is 1.21. The highest BCUT2D eigenvalue weighted by Crippen LogP contribution is 2.15. The van der Waals surface area contributed by atoms with Crippen LogP contribution < -0.4 is 0 Å². The second kappa shape index (κ2) is 3.41. The van der Waals surface area contributed by atoms with Crippen molar-refractivity contribution in [2.24, 2.45) is 0 Å². The molecule has 0 amide bonds. The van der Waals surface area contributed by atoms with Crippen molar-refractivity contribution >= 4 is 5.97 Å². The van der Waals surface area contributed by atoms with E-state index in [-0.39, 0.29) is 11.6 Å². The Hall–Kier alpha value is -2.37. The molecule has 2 aromatic rings. The van der Waals surface area contributed by atoms with Gasteiger partial charge in [0, 0.05) is 6.07 Å². The molecule has 0 fully saturated rings. The van der Waals surface area contributed by atoms with E-state index in [1.165, 1.54) is 23.0 Å². The van der Waals surface area contributed by atoms with E-state index in [1.807, 2.05) is 0 Å². The van der Waals surface area contributed by atoms with Gasteiger partial charge in [-0.25, -0.2) is 4.79 Å². The first-order chi connectivity index (χ1) is 7.18. The van der Waals surface area contributed by atoms with Gasteiger partial charge in [0.25, 0.3) is 0 Å². The summed E-state index contributed by atoms with van der Waals surface area (Å²) in [6.07, 6.45) is 1.28. The lowest BCUT2D eigenvalue weighted by molar-refractivity contribution is 0.0681. The summed E-state index contributed by atoms with van der Waals surface area (Å²) in [6.45, 7) is 0. The standard InChI is InChI=1S/C9H7N3O3/c13-7-3-1-2-6(4-7)12-5-10-11-8(12)9(14)15/h1-5,13H,(H,14,15). The van der Waals surface area contributed by atoms with Gasteiger partial charge in [-0.2, -0.15) is 0 Å². The van der Waals surface area contributed by atoms with Crippen LogP contribution in [0.3, 0.4) is 0 Å². The molecule has 6 heteroatoms. The number of aromatic carboxylic acids is 1. The minimum absolute atomic E-state index is 0.0533. The first-order valence-corrected chi connectivity index (χ1v) is 4.11. The zero-order valence-corrected chi connectivity index (χ0v) is 7.53. The lowest BCUT2D eigenvalue weighted by Crippen LogP contribution is -2.07. The molecule has 0 radical (unpaired) electrons. The van der Waals surface area contributed by atoms with Crippen LogP contribution in [-0.4, -0.2) is 30.9 Å². The van der Waals surface area contributed by atoms with Crippen molar-refractivity contribution in [2.45, 2.75) is 0 Å². The summed E-state index contributed by atoms with van der Waals surface area (Å²) in [7, 11) is 0. The average molecular weight is 205 g/mol. The zero-order valence-electron chi connectivity index (χ0n) is 7.53. The van der Waals surface area contributed by atoms with E-state index in [4.69, 9.17) is 5.11 Å². The van der Waals surface area contributed by atoms with Gasteiger partial charge >= 0.3 is 5.97 Å². The van der Waals surface area contributed by atoms with Crippen molar-refractivity contribution in [1.29, 1.82) is 0 Å². The van der Waals surface area contributed by atoms with Gasteiger partial charge in [-0.15, -0.1) is 10.2 Å². The fourth-order valence-electron chi connectivity index (χ4n) is 1.21. The molecule has 76 valence electrons. The van der Waals surface area contributed by atoms with Crippen LogP contribution in [0.1, 0.15) is 10.6 Å². The van der Waals surface area contributed by atoms with Crippen LogP contribution in [0, 0.1) is 0 Å². The molecule has 1 aromatic heterocycles. The summed E-state index contributed by atoms with van der Waals surface area (Å²) in [5, 5.41) is 25.0. The molecule has 0 aliphatic heterocycles. The Kier molecular flexibility index (Phi) is 2.09. The summed E-state index contributed by atoms with van der Waals surface area (Å²) >= 11 is 0. The van der Waals surface area contributed by atoms with Crippen LogP contribution in [0.15, 0.2) is 30.6 Å². The van der Waals surface area contributed by atoms with Gasteiger partial charge in [0.1, 0.15) is 12.1 Å². The van der Waals surface area contributed by atoms with E-state index >= 15 is 0 Å². The highest BCUT2D eigenvalue weighted by atomic mass is 16.4. The predicted octanol–water partition coefficient (Wildman–Crippen LogP) is 0.671. The van der Waals surface area contributed by atoms with Crippen molar-refractivity contribution in [3.05, 3.63) is 36.4 Å². The molecule has 0 spiro atoms. The van der Waals surface area contributed by atoms with E-state index in [9.17, 15) is 9.90 Å². The molecular weight excluding hydrogens is 198 g/mol. The molecule has 2 rings (SSSR count). The first-order valence-electron chi connectivity index (χ1n) is 4.11. The van der Waals surface area contributed by atoms with Crippen molar-refractivity contribution < 1.29 is 15.0 Å². The largest absolute Gasteiger partial charge is 0.508 e. The van der Waals surface area contributed by atoms with Crippen LogP contribution in [-0.2, 0) is 0 Å². The number of carbonyl (C=O) groups is 1. The van der Waals surface area contributed by atoms with Crippen LogP contribution in [0.25, 0.3) is 5.69 Å². The summed E-state index contributed by atoms with van der Waals surface area (Å²) in [5.41, 5.74) is 0.498. The van der Waals surface area contributed by atoms with Crippen LogP contribution >= 0.6 is 0 Å². The molecule has 1 aromatic carbocycles. The van der Waals surface area contributed by atoms with Gasteiger partial charge in [-0.3, -0.25) is 4.57 Å². The molecular formula is C9H7N3O3. The summed E-state index contributed by atoms with van der Waals surface area (Å²) in [6, 6.07) is 6.18. The SMILES string of the molecule is O=C(O)c1nncn1-c1cccc(O)c1. The Morgan fingerprint density at radius 3 is 2.87 bits per heavy atom. The number of phenols is 1. The molecule has 0 atom stereocenters. The molecule has 2 N–H and O–H groups in total. The predicted molar refractivity (Wildman–Crippen MR) is 50.0 cm³/mol. The van der Waals surface area contributed by atoms with E-state index in [0.717, 1.165) is 0 Å². The Bertz CT molecular complexity index is 507. The lowest BCUT2D eigenvalue weighted by Gasteiger charge is -2.03. The molecule has 0 saturated carbocycles. The van der Waals surface area contributed by atoms with E-state index in [1.54, 1.807) is 12.1 Å². The molecule has 0 bridgehead atoms. The number of hydrogen-bond acceptors (Lipinski definition) is 4. The number of benzene rings is 1. The van der Waals surface area contributed by atoms with Crippen LogP contribution in [0.2, 0.25) is 0 Å². The smallest absolute Gasteiger partial charge is 0.374 e. The van der Waals surface area contributed by atoms with Gasteiger partial charge in [0.15, 0.2) is 0 Å². The highest BCUT2D eigenvalue weighted by molar-refractivity contribution is 5.84. The van der Waals surface area contributed by atoms with Crippen molar-refractivity contribution in [1.82, 2.24) is 14.8 Å². The number of phenolic OH excluding ortho intramolecular Hbond substituents is 1. The molecule has 0 unspecified atom stereocenters. The summed E-state index contributed by atoms with van der Waals surface area (Å²) in [4.78, 5) is 10.8. The third-order valence-electron chi connectivity index (χ3n) is 1.85. The normalized spacial score (nSPS) is 10.1. The summed E-state index contributed by atoms with van der Waals surface area (Å²) in [5.74, 6) is -1.31. The number of aromatic nitrogens is 3. The quantitative estimate of drug-likeness (QED) is 0.752. The van der Waals surface area contributed by atoms with Gasteiger partial charge in [0.2, 0.25) is 5.82 Å². The first kappa shape index (κ1) is 9.20. The maximum atomic E-state index is 10.8. The Morgan fingerprint density at radius 2 is 2.20 bits per heavy atom. The van der Waals surface area contributed by atoms with Crippen molar-refractivity contribution in [3.8, 4) is 11.4 Å². The molecule has 15 heavy (non-hydrogen) atoms. The second-order valence-electron chi connectivity index (χ2n) is 2.85. The topological polar surface area (TPSA) is 88.2 Å². The molecule has 0 saturated heterocycles.